The van der Waals surface area contributed by atoms with Gasteiger partial charge >= 0.3 is 0 Å². The van der Waals surface area contributed by atoms with Gasteiger partial charge in [-0.1, -0.05) is 35.9 Å². The number of piperidine rings is 1. The van der Waals surface area contributed by atoms with Crippen LogP contribution in [-0.2, 0) is 7.05 Å². The van der Waals surface area contributed by atoms with Gasteiger partial charge in [-0.05, 0) is 37.1 Å². The number of pyridine rings is 1. The SMILES string of the molecule is Cn1c(=O)c(C#N)c(N2CCC(c3nnc(-c4cccc(Cl)c4)o3)CC2)c2ccccc21. The molecule has 0 saturated carbocycles. The third-order valence-electron chi connectivity index (χ3n) is 6.06. The molecule has 7 nitrogen and oxygen atoms in total. The van der Waals surface area contributed by atoms with Crippen LogP contribution in [0.25, 0.3) is 22.4 Å². The summed E-state index contributed by atoms with van der Waals surface area (Å²) in [6.45, 7) is 1.37. The smallest absolute Gasteiger partial charge is 0.270 e. The number of nitrogens with zero attached hydrogens (tertiary/aromatic N) is 5. The highest BCUT2D eigenvalue weighted by Crippen LogP contribution is 2.35. The van der Waals surface area contributed by atoms with E-state index in [1.54, 1.807) is 23.7 Å². The first-order chi connectivity index (χ1) is 15.6. The molecular formula is C24H20ClN5O2. The third kappa shape index (κ3) is 3.43. The highest BCUT2D eigenvalue weighted by Gasteiger charge is 2.28. The van der Waals surface area contributed by atoms with Gasteiger partial charge in [0.05, 0.1) is 11.2 Å². The Kier molecular flexibility index (Phi) is 5.16. The number of benzene rings is 2. The lowest BCUT2D eigenvalue weighted by atomic mass is 9.95. The van der Waals surface area contributed by atoms with Crippen LogP contribution in [0.1, 0.15) is 30.2 Å². The summed E-state index contributed by atoms with van der Waals surface area (Å²) in [6.07, 6.45) is 1.57. The highest BCUT2D eigenvalue weighted by molar-refractivity contribution is 6.30. The lowest BCUT2D eigenvalue weighted by Crippen LogP contribution is -2.35. The summed E-state index contributed by atoms with van der Waals surface area (Å²) in [5.41, 5.74) is 2.24. The second kappa shape index (κ2) is 8.13. The minimum Gasteiger partial charge on any atom is -0.420 e. The zero-order chi connectivity index (χ0) is 22.2. The van der Waals surface area contributed by atoms with Gasteiger partial charge < -0.3 is 13.9 Å². The van der Waals surface area contributed by atoms with Gasteiger partial charge in [0.2, 0.25) is 11.8 Å². The van der Waals surface area contributed by atoms with Crippen molar-refractivity contribution in [3.8, 4) is 17.5 Å². The first kappa shape index (κ1) is 20.3. The molecule has 2 aromatic carbocycles. The lowest BCUT2D eigenvalue weighted by Gasteiger charge is -2.33. The van der Waals surface area contributed by atoms with Crippen LogP contribution in [0.15, 0.2) is 57.7 Å². The maximum Gasteiger partial charge on any atom is 0.270 e. The van der Waals surface area contributed by atoms with Crippen LogP contribution in [0.5, 0.6) is 0 Å². The van der Waals surface area contributed by atoms with E-state index in [9.17, 15) is 10.1 Å². The zero-order valence-electron chi connectivity index (χ0n) is 17.5. The van der Waals surface area contributed by atoms with Gasteiger partial charge in [-0.3, -0.25) is 4.79 Å². The number of rotatable bonds is 3. The maximum absolute atomic E-state index is 12.8. The molecule has 1 saturated heterocycles. The monoisotopic (exact) mass is 445 g/mol. The van der Waals surface area contributed by atoms with E-state index >= 15 is 0 Å². The van der Waals surface area contributed by atoms with Gasteiger partial charge in [-0.15, -0.1) is 10.2 Å². The van der Waals surface area contributed by atoms with Crippen LogP contribution in [-0.4, -0.2) is 27.9 Å². The third-order valence-corrected chi connectivity index (χ3v) is 6.30. The maximum atomic E-state index is 12.8. The molecule has 1 aliphatic heterocycles. The number of fused-ring (bicyclic) bond motifs is 1. The fourth-order valence-electron chi connectivity index (χ4n) is 4.40. The lowest BCUT2D eigenvalue weighted by molar-refractivity contribution is 0.398. The molecule has 4 aromatic rings. The Morgan fingerprint density at radius 2 is 1.91 bits per heavy atom. The summed E-state index contributed by atoms with van der Waals surface area (Å²) in [5.74, 6) is 1.18. The molecule has 0 N–H and O–H groups in total. The Hall–Kier alpha value is -3.63. The summed E-state index contributed by atoms with van der Waals surface area (Å²) < 4.78 is 7.49. The van der Waals surface area contributed by atoms with E-state index in [1.165, 1.54) is 0 Å². The summed E-state index contributed by atoms with van der Waals surface area (Å²) in [7, 11) is 1.70. The van der Waals surface area contributed by atoms with Gasteiger partial charge in [0.1, 0.15) is 11.6 Å². The number of halogens is 1. The van der Waals surface area contributed by atoms with Gasteiger partial charge in [0.25, 0.3) is 5.56 Å². The second-order valence-electron chi connectivity index (χ2n) is 7.93. The number of nitriles is 1. The molecule has 8 heteroatoms. The molecule has 0 aliphatic carbocycles. The van der Waals surface area contributed by atoms with Crippen molar-refractivity contribution < 1.29 is 4.42 Å². The van der Waals surface area contributed by atoms with Crippen LogP contribution in [0.2, 0.25) is 5.02 Å². The van der Waals surface area contributed by atoms with Crippen molar-refractivity contribution in [3.05, 3.63) is 75.4 Å². The summed E-state index contributed by atoms with van der Waals surface area (Å²) in [6, 6.07) is 17.2. The Bertz CT molecular complexity index is 1410. The van der Waals surface area contributed by atoms with Crippen molar-refractivity contribution >= 4 is 28.2 Å². The zero-order valence-corrected chi connectivity index (χ0v) is 18.2. The molecule has 2 aromatic heterocycles. The average Bonchev–Trinajstić information content (AvgIpc) is 3.32. The van der Waals surface area contributed by atoms with Crippen molar-refractivity contribution in [1.82, 2.24) is 14.8 Å². The van der Waals surface area contributed by atoms with E-state index in [2.05, 4.69) is 21.2 Å². The largest absolute Gasteiger partial charge is 0.420 e. The molecule has 160 valence electrons. The van der Waals surface area contributed by atoms with E-state index in [0.29, 0.717) is 29.9 Å². The van der Waals surface area contributed by atoms with Crippen LogP contribution in [0, 0.1) is 11.3 Å². The number of hydrogen-bond acceptors (Lipinski definition) is 6. The number of anilines is 1. The van der Waals surface area contributed by atoms with Crippen LogP contribution >= 0.6 is 11.6 Å². The molecule has 0 amide bonds. The number of aromatic nitrogens is 3. The van der Waals surface area contributed by atoms with Crippen molar-refractivity contribution in [2.24, 2.45) is 7.05 Å². The Morgan fingerprint density at radius 1 is 1.12 bits per heavy atom. The molecule has 3 heterocycles. The molecule has 5 rings (SSSR count). The molecule has 1 fully saturated rings. The van der Waals surface area contributed by atoms with Gasteiger partial charge in [0.15, 0.2) is 0 Å². The number of hydrogen-bond donors (Lipinski definition) is 0. The van der Waals surface area contributed by atoms with Gasteiger partial charge in [-0.25, -0.2) is 0 Å². The molecule has 1 aliphatic rings. The van der Waals surface area contributed by atoms with E-state index < -0.39 is 0 Å². The van der Waals surface area contributed by atoms with Gasteiger partial charge in [-0.2, -0.15) is 5.26 Å². The van der Waals surface area contributed by atoms with Crippen molar-refractivity contribution in [2.45, 2.75) is 18.8 Å². The van der Waals surface area contributed by atoms with E-state index in [0.717, 1.165) is 35.0 Å². The molecule has 0 spiro atoms. The summed E-state index contributed by atoms with van der Waals surface area (Å²) in [4.78, 5) is 14.9. The van der Waals surface area contributed by atoms with E-state index in [1.807, 2.05) is 36.4 Å². The molecular weight excluding hydrogens is 426 g/mol. The van der Waals surface area contributed by atoms with Crippen molar-refractivity contribution in [1.29, 1.82) is 5.26 Å². The summed E-state index contributed by atoms with van der Waals surface area (Å²) >= 11 is 6.07. The fourth-order valence-corrected chi connectivity index (χ4v) is 4.59. The normalized spacial score (nSPS) is 14.6. The molecule has 0 unspecified atom stereocenters. The van der Waals surface area contributed by atoms with Crippen LogP contribution in [0.3, 0.4) is 0 Å². The van der Waals surface area contributed by atoms with Crippen molar-refractivity contribution in [2.75, 3.05) is 18.0 Å². The number of para-hydroxylation sites is 1. The minimum atomic E-state index is -0.272. The van der Waals surface area contributed by atoms with Crippen LogP contribution < -0.4 is 10.5 Å². The second-order valence-corrected chi connectivity index (χ2v) is 8.37. The standard InChI is InChI=1S/C24H20ClN5O2/c1-29-20-8-3-2-7-18(20)21(19(14-26)24(29)31)30-11-9-15(10-12-30)22-27-28-23(32-22)16-5-4-6-17(25)13-16/h2-8,13,15H,9-12H2,1H3. The first-order valence-corrected chi connectivity index (χ1v) is 10.8. The molecule has 0 atom stereocenters. The van der Waals surface area contributed by atoms with Crippen molar-refractivity contribution in [3.63, 3.8) is 0 Å². The summed E-state index contributed by atoms with van der Waals surface area (Å²) in [5, 5.41) is 19.7. The van der Waals surface area contributed by atoms with Crippen LogP contribution in [0.4, 0.5) is 5.69 Å². The molecule has 0 radical (unpaired) electrons. The quantitative estimate of drug-likeness (QED) is 0.461. The average molecular weight is 446 g/mol. The van der Waals surface area contributed by atoms with Gasteiger partial charge in [0, 0.05) is 42.0 Å². The minimum absolute atomic E-state index is 0.120. The fraction of sp³-hybridized carbons (Fsp3) is 0.250. The Labute approximate surface area is 189 Å². The van der Waals surface area contributed by atoms with E-state index in [-0.39, 0.29) is 17.0 Å². The molecule has 32 heavy (non-hydrogen) atoms. The van der Waals surface area contributed by atoms with E-state index in [4.69, 9.17) is 16.0 Å². The first-order valence-electron chi connectivity index (χ1n) is 10.4. The topological polar surface area (TPSA) is 88.0 Å². The number of aryl methyl sites for hydroxylation is 1. The Morgan fingerprint density at radius 3 is 2.66 bits per heavy atom. The Balaban J connectivity index is 1.42. The highest BCUT2D eigenvalue weighted by atomic mass is 35.5. The predicted octanol–water partition coefficient (Wildman–Crippen LogP) is 4.50. The molecule has 0 bridgehead atoms. The predicted molar refractivity (Wildman–Crippen MR) is 123 cm³/mol.